The van der Waals surface area contributed by atoms with E-state index in [1.807, 2.05) is 41.0 Å². The van der Waals surface area contributed by atoms with Crippen LogP contribution in [0.2, 0.25) is 0 Å². The summed E-state index contributed by atoms with van der Waals surface area (Å²) in [6.45, 7) is 5.46. The number of morpholine rings is 1. The number of sulfonamides is 1. The van der Waals surface area contributed by atoms with E-state index in [0.717, 1.165) is 16.8 Å². The van der Waals surface area contributed by atoms with Crippen LogP contribution in [0.15, 0.2) is 82.8 Å². The molecule has 1 fully saturated rings. The molecule has 0 bridgehead atoms. The van der Waals surface area contributed by atoms with Gasteiger partial charge in [0.2, 0.25) is 15.9 Å². The Morgan fingerprint density at radius 2 is 1.72 bits per heavy atom. The number of anilines is 1. The molecule has 39 heavy (non-hydrogen) atoms. The van der Waals surface area contributed by atoms with Crippen LogP contribution in [0.3, 0.4) is 0 Å². The summed E-state index contributed by atoms with van der Waals surface area (Å²) in [6, 6.07) is 22.2. The van der Waals surface area contributed by atoms with Crippen LogP contribution < -0.4 is 5.32 Å². The summed E-state index contributed by atoms with van der Waals surface area (Å²) < 4.78 is 34.6. The van der Waals surface area contributed by atoms with Gasteiger partial charge in [-0.1, -0.05) is 54.2 Å². The van der Waals surface area contributed by atoms with Crippen LogP contribution in [0.1, 0.15) is 11.1 Å². The van der Waals surface area contributed by atoms with Crippen LogP contribution in [0, 0.1) is 13.8 Å². The molecule has 11 heteroatoms. The van der Waals surface area contributed by atoms with Crippen molar-refractivity contribution in [1.29, 1.82) is 0 Å². The molecule has 1 saturated heterocycles. The highest BCUT2D eigenvalue weighted by molar-refractivity contribution is 7.99. The maximum atomic E-state index is 13.0. The van der Waals surface area contributed by atoms with Crippen LogP contribution in [0.25, 0.3) is 17.1 Å². The third-order valence-electron chi connectivity index (χ3n) is 6.47. The molecule has 0 radical (unpaired) electrons. The van der Waals surface area contributed by atoms with Crippen molar-refractivity contribution in [1.82, 2.24) is 19.1 Å². The van der Waals surface area contributed by atoms with Gasteiger partial charge in [0.25, 0.3) is 0 Å². The molecule has 2 heterocycles. The number of aromatic nitrogens is 3. The van der Waals surface area contributed by atoms with Gasteiger partial charge in [-0.3, -0.25) is 9.36 Å². The number of hydrogen-bond donors (Lipinski definition) is 1. The monoisotopic (exact) mass is 563 g/mol. The molecule has 1 aliphatic rings. The van der Waals surface area contributed by atoms with Crippen molar-refractivity contribution in [2.45, 2.75) is 23.9 Å². The first-order valence-electron chi connectivity index (χ1n) is 12.5. The highest BCUT2D eigenvalue weighted by atomic mass is 32.2. The summed E-state index contributed by atoms with van der Waals surface area (Å²) in [6.07, 6.45) is 0. The third kappa shape index (κ3) is 6.06. The number of nitrogens with zero attached hydrogens (tertiary/aromatic N) is 4. The van der Waals surface area contributed by atoms with E-state index in [9.17, 15) is 13.2 Å². The Bertz CT molecular complexity index is 1580. The van der Waals surface area contributed by atoms with Gasteiger partial charge in [-0.15, -0.1) is 10.2 Å². The maximum Gasteiger partial charge on any atom is 0.243 e. The first-order valence-corrected chi connectivity index (χ1v) is 14.9. The Kier molecular flexibility index (Phi) is 8.12. The summed E-state index contributed by atoms with van der Waals surface area (Å²) in [5, 5.41) is 12.2. The van der Waals surface area contributed by atoms with Gasteiger partial charge in [-0.2, -0.15) is 4.31 Å². The number of nitrogens with one attached hydrogen (secondary N) is 1. The second kappa shape index (κ2) is 11.7. The number of amides is 1. The van der Waals surface area contributed by atoms with Gasteiger partial charge in [0, 0.05) is 24.3 Å². The minimum absolute atomic E-state index is 0.0677. The second-order valence-corrected chi connectivity index (χ2v) is 12.0. The van der Waals surface area contributed by atoms with Crippen molar-refractivity contribution in [3.8, 4) is 17.1 Å². The third-order valence-corrected chi connectivity index (χ3v) is 9.30. The average molecular weight is 564 g/mol. The zero-order chi connectivity index (χ0) is 27.4. The molecule has 1 aromatic heterocycles. The average Bonchev–Trinajstić information content (AvgIpc) is 3.38. The van der Waals surface area contributed by atoms with Crippen LogP contribution in [-0.2, 0) is 19.6 Å². The minimum atomic E-state index is -3.67. The molecular weight excluding hydrogens is 534 g/mol. The number of hydrogen-bond acceptors (Lipinski definition) is 7. The van der Waals surface area contributed by atoms with Gasteiger partial charge >= 0.3 is 0 Å². The lowest BCUT2D eigenvalue weighted by Crippen LogP contribution is -2.40. The van der Waals surface area contributed by atoms with Crippen molar-refractivity contribution in [3.63, 3.8) is 0 Å². The number of thioether (sulfide) groups is 1. The van der Waals surface area contributed by atoms with E-state index >= 15 is 0 Å². The van der Waals surface area contributed by atoms with Crippen molar-refractivity contribution in [2.24, 2.45) is 0 Å². The fourth-order valence-corrected chi connectivity index (χ4v) is 6.44. The van der Waals surface area contributed by atoms with Gasteiger partial charge in [0.15, 0.2) is 11.0 Å². The number of aryl methyl sites for hydroxylation is 2. The summed E-state index contributed by atoms with van der Waals surface area (Å²) >= 11 is 1.26. The fraction of sp³-hybridized carbons (Fsp3) is 0.250. The quantitative estimate of drug-likeness (QED) is 0.319. The van der Waals surface area contributed by atoms with Crippen LogP contribution in [-0.4, -0.2) is 65.5 Å². The standard InChI is InChI=1S/C28H29N5O4S2/c1-20-11-12-24(17-21(20)2)33-27(22-7-4-3-5-8-22)30-31-28(33)38-19-26(34)29-23-9-6-10-25(18-23)39(35,36)32-13-15-37-16-14-32/h3-12,17-18H,13-16,19H2,1-2H3,(H,29,34). The Hall–Kier alpha value is -3.51. The van der Waals surface area contributed by atoms with Crippen molar-refractivity contribution in [2.75, 3.05) is 37.4 Å². The molecule has 9 nitrogen and oxygen atoms in total. The summed E-state index contributed by atoms with van der Waals surface area (Å²) in [7, 11) is -3.67. The Morgan fingerprint density at radius 3 is 2.46 bits per heavy atom. The van der Waals surface area contributed by atoms with Crippen LogP contribution in [0.5, 0.6) is 0 Å². The Morgan fingerprint density at radius 1 is 0.949 bits per heavy atom. The zero-order valence-electron chi connectivity index (χ0n) is 21.7. The van der Waals surface area contributed by atoms with Crippen LogP contribution in [0.4, 0.5) is 5.69 Å². The molecule has 0 unspecified atom stereocenters. The summed E-state index contributed by atoms with van der Waals surface area (Å²) in [5.74, 6) is 0.470. The predicted octanol–water partition coefficient (Wildman–Crippen LogP) is 4.30. The van der Waals surface area contributed by atoms with Gasteiger partial charge in [-0.25, -0.2) is 8.42 Å². The van der Waals surface area contributed by atoms with Crippen molar-refractivity contribution in [3.05, 3.63) is 83.9 Å². The van der Waals surface area contributed by atoms with Gasteiger partial charge in [0.05, 0.1) is 29.5 Å². The van der Waals surface area contributed by atoms with Gasteiger partial charge < -0.3 is 10.1 Å². The normalized spacial score (nSPS) is 14.3. The summed E-state index contributed by atoms with van der Waals surface area (Å²) in [4.78, 5) is 13.0. The van der Waals surface area contributed by atoms with E-state index in [4.69, 9.17) is 4.74 Å². The lowest BCUT2D eigenvalue weighted by atomic mass is 10.1. The molecule has 202 valence electrons. The van der Waals surface area contributed by atoms with E-state index in [0.29, 0.717) is 43.0 Å². The zero-order valence-corrected chi connectivity index (χ0v) is 23.3. The predicted molar refractivity (Wildman–Crippen MR) is 152 cm³/mol. The largest absolute Gasteiger partial charge is 0.379 e. The van der Waals surface area contributed by atoms with Gasteiger partial charge in [-0.05, 0) is 55.3 Å². The van der Waals surface area contributed by atoms with E-state index < -0.39 is 10.0 Å². The van der Waals surface area contributed by atoms with E-state index in [-0.39, 0.29) is 16.6 Å². The highest BCUT2D eigenvalue weighted by Crippen LogP contribution is 2.29. The van der Waals surface area contributed by atoms with E-state index in [2.05, 4.69) is 41.5 Å². The number of ether oxygens (including phenoxy) is 1. The van der Waals surface area contributed by atoms with Crippen molar-refractivity contribution < 1.29 is 17.9 Å². The Balaban J connectivity index is 1.34. The molecule has 4 aromatic rings. The molecule has 0 aliphatic carbocycles. The fourth-order valence-electron chi connectivity index (χ4n) is 4.23. The highest BCUT2D eigenvalue weighted by Gasteiger charge is 2.26. The van der Waals surface area contributed by atoms with E-state index in [1.165, 1.54) is 33.8 Å². The Labute approximate surface area is 232 Å². The summed E-state index contributed by atoms with van der Waals surface area (Å²) in [5.41, 5.74) is 4.56. The molecule has 5 rings (SSSR count). The smallest absolute Gasteiger partial charge is 0.243 e. The molecule has 0 atom stereocenters. The SMILES string of the molecule is Cc1ccc(-n2c(SCC(=O)Nc3cccc(S(=O)(=O)N4CCOCC4)c3)nnc2-c2ccccc2)cc1C. The topological polar surface area (TPSA) is 106 Å². The number of benzene rings is 3. The molecule has 1 amide bonds. The maximum absolute atomic E-state index is 13.0. The molecule has 1 aliphatic heterocycles. The first-order chi connectivity index (χ1) is 18.8. The molecule has 0 spiro atoms. The molecular formula is C28H29N5O4S2. The number of carbonyl (C=O) groups is 1. The minimum Gasteiger partial charge on any atom is -0.379 e. The first kappa shape index (κ1) is 27.1. The number of rotatable bonds is 8. The molecule has 1 N–H and O–H groups in total. The van der Waals surface area contributed by atoms with E-state index in [1.54, 1.807) is 12.1 Å². The molecule has 3 aromatic carbocycles. The lowest BCUT2D eigenvalue weighted by Gasteiger charge is -2.26. The second-order valence-electron chi connectivity index (χ2n) is 9.16. The van der Waals surface area contributed by atoms with Gasteiger partial charge in [0.1, 0.15) is 0 Å². The van der Waals surface area contributed by atoms with Crippen LogP contribution >= 0.6 is 11.8 Å². The number of carbonyl (C=O) groups excluding carboxylic acids is 1. The lowest BCUT2D eigenvalue weighted by molar-refractivity contribution is -0.113. The molecule has 0 saturated carbocycles. The van der Waals surface area contributed by atoms with Crippen molar-refractivity contribution >= 4 is 33.4 Å².